The molecule has 1 aromatic heterocycles. The zero-order valence-electron chi connectivity index (χ0n) is 13.5. The van der Waals surface area contributed by atoms with Crippen molar-refractivity contribution in [3.63, 3.8) is 0 Å². The Balaban J connectivity index is 1.60. The van der Waals surface area contributed by atoms with Gasteiger partial charge in [-0.2, -0.15) is 0 Å². The number of aromatic nitrogens is 2. The number of nitrogens with zero attached hydrogens (tertiary/aromatic N) is 3. The number of benzene rings is 1. The number of carbonyl (C=O) groups is 1. The molecule has 1 aliphatic rings. The van der Waals surface area contributed by atoms with E-state index < -0.39 is 21.2 Å². The molecule has 2 aromatic rings. The molecule has 1 fully saturated rings. The van der Waals surface area contributed by atoms with Gasteiger partial charge in [0.15, 0.2) is 6.10 Å². The van der Waals surface area contributed by atoms with Gasteiger partial charge < -0.3 is 14.2 Å². The van der Waals surface area contributed by atoms with E-state index in [0.29, 0.717) is 5.75 Å². The summed E-state index contributed by atoms with van der Waals surface area (Å²) in [7, 11) is -1.89. The molecule has 0 saturated carbocycles. The fraction of sp³-hybridized carbons (Fsp3) is 0.375. The average molecular weight is 349 g/mol. The smallest absolute Gasteiger partial charge is 0.263 e. The van der Waals surface area contributed by atoms with Crippen molar-refractivity contribution in [3.05, 3.63) is 42.7 Å². The molecule has 2 heterocycles. The highest BCUT2D eigenvalue weighted by Crippen LogP contribution is 2.23. The number of hydrogen-bond donors (Lipinski definition) is 0. The van der Waals surface area contributed by atoms with Gasteiger partial charge in [-0.3, -0.25) is 4.79 Å². The van der Waals surface area contributed by atoms with Gasteiger partial charge in [0, 0.05) is 32.5 Å². The number of rotatable bonds is 5. The molecule has 8 heteroatoms. The van der Waals surface area contributed by atoms with Crippen LogP contribution in [0.4, 0.5) is 0 Å². The lowest BCUT2D eigenvalue weighted by molar-refractivity contribution is -0.141. The molecule has 0 aliphatic carbocycles. The second-order valence-corrected chi connectivity index (χ2v) is 7.93. The summed E-state index contributed by atoms with van der Waals surface area (Å²) in [6.45, 7) is 1.99. The standard InChI is InChI=1S/C16H19N3O4S/c1-12(23-13-6-4-3-5-7-13)15(20)19-10-14(11-19)24(21,22)16-17-8-9-18(16)2/h3-9,12,14H,10-11H2,1-2H3. The van der Waals surface area contributed by atoms with Crippen molar-refractivity contribution in [2.24, 2.45) is 7.05 Å². The lowest BCUT2D eigenvalue weighted by Gasteiger charge is -2.39. The van der Waals surface area contributed by atoms with E-state index in [4.69, 9.17) is 4.74 Å². The highest BCUT2D eigenvalue weighted by Gasteiger charge is 2.43. The third-order valence-corrected chi connectivity index (χ3v) is 6.11. The van der Waals surface area contributed by atoms with Crippen molar-refractivity contribution < 1.29 is 17.9 Å². The highest BCUT2D eigenvalue weighted by molar-refractivity contribution is 7.92. The molecule has 3 rings (SSSR count). The Bertz CT molecular complexity index is 826. The molecule has 1 atom stereocenters. The van der Waals surface area contributed by atoms with Gasteiger partial charge in [-0.05, 0) is 19.1 Å². The number of aryl methyl sites for hydroxylation is 1. The topological polar surface area (TPSA) is 81.5 Å². The largest absolute Gasteiger partial charge is 0.481 e. The number of ether oxygens (including phenoxy) is 1. The van der Waals surface area contributed by atoms with Gasteiger partial charge in [0.25, 0.3) is 5.91 Å². The Kier molecular flexibility index (Phi) is 4.31. The molecule has 7 nitrogen and oxygen atoms in total. The van der Waals surface area contributed by atoms with Crippen LogP contribution in [0.5, 0.6) is 5.75 Å². The van der Waals surface area contributed by atoms with E-state index in [1.165, 1.54) is 15.7 Å². The van der Waals surface area contributed by atoms with E-state index in [1.807, 2.05) is 18.2 Å². The molecule has 1 aliphatic heterocycles. The van der Waals surface area contributed by atoms with Crippen molar-refractivity contribution in [2.75, 3.05) is 13.1 Å². The average Bonchev–Trinajstić information content (AvgIpc) is 2.93. The van der Waals surface area contributed by atoms with E-state index >= 15 is 0 Å². The summed E-state index contributed by atoms with van der Waals surface area (Å²) in [5.74, 6) is 0.390. The molecule has 1 aromatic carbocycles. The third kappa shape index (κ3) is 3.01. The number of likely N-dealkylation sites (tertiary alicyclic amines) is 1. The molecular formula is C16H19N3O4S. The lowest BCUT2D eigenvalue weighted by Crippen LogP contribution is -2.59. The molecule has 0 spiro atoms. The minimum absolute atomic E-state index is 0.0354. The third-order valence-electron chi connectivity index (χ3n) is 4.03. The molecule has 0 bridgehead atoms. The van der Waals surface area contributed by atoms with Gasteiger partial charge in [-0.25, -0.2) is 13.4 Å². The summed E-state index contributed by atoms with van der Waals surface area (Å²) in [6.07, 6.45) is 2.37. The maximum absolute atomic E-state index is 12.5. The number of para-hydroxylation sites is 1. The van der Waals surface area contributed by atoms with Crippen molar-refractivity contribution >= 4 is 15.7 Å². The van der Waals surface area contributed by atoms with Gasteiger partial charge in [-0.15, -0.1) is 0 Å². The molecule has 0 N–H and O–H groups in total. The SMILES string of the molecule is CC(Oc1ccccc1)C(=O)N1CC(S(=O)(=O)c2nccn2C)C1. The van der Waals surface area contributed by atoms with Gasteiger partial charge in [-0.1, -0.05) is 18.2 Å². The van der Waals surface area contributed by atoms with Crippen molar-refractivity contribution in [2.45, 2.75) is 23.4 Å². The summed E-state index contributed by atoms with van der Waals surface area (Å²) in [5.41, 5.74) is 0. The van der Waals surface area contributed by atoms with Crippen LogP contribution < -0.4 is 4.74 Å². The predicted octanol–water partition coefficient (Wildman–Crippen LogP) is 0.872. The maximum Gasteiger partial charge on any atom is 0.263 e. The van der Waals surface area contributed by atoms with Crippen LogP contribution in [0.15, 0.2) is 47.9 Å². The number of sulfone groups is 1. The van der Waals surface area contributed by atoms with Crippen LogP contribution in [-0.2, 0) is 21.7 Å². The van der Waals surface area contributed by atoms with Crippen LogP contribution in [0.3, 0.4) is 0 Å². The molecule has 128 valence electrons. The Morgan fingerprint density at radius 3 is 2.54 bits per heavy atom. The highest BCUT2D eigenvalue weighted by atomic mass is 32.2. The molecule has 0 radical (unpaired) electrons. The molecular weight excluding hydrogens is 330 g/mol. The fourth-order valence-corrected chi connectivity index (χ4v) is 4.32. The number of carbonyl (C=O) groups excluding carboxylic acids is 1. The number of amides is 1. The zero-order chi connectivity index (χ0) is 17.3. The van der Waals surface area contributed by atoms with E-state index in [0.717, 1.165) is 0 Å². The number of imidazole rings is 1. The first-order chi connectivity index (χ1) is 11.4. The quantitative estimate of drug-likeness (QED) is 0.800. The predicted molar refractivity (Wildman–Crippen MR) is 87.3 cm³/mol. The minimum Gasteiger partial charge on any atom is -0.481 e. The zero-order valence-corrected chi connectivity index (χ0v) is 14.3. The first-order valence-corrected chi connectivity index (χ1v) is 9.16. The van der Waals surface area contributed by atoms with E-state index in [9.17, 15) is 13.2 Å². The summed E-state index contributed by atoms with van der Waals surface area (Å²) in [6, 6.07) is 9.06. The lowest BCUT2D eigenvalue weighted by atomic mass is 10.2. The molecule has 1 saturated heterocycles. The van der Waals surface area contributed by atoms with E-state index in [1.54, 1.807) is 32.3 Å². The van der Waals surface area contributed by atoms with Gasteiger partial charge in [0.2, 0.25) is 15.0 Å². The minimum atomic E-state index is -3.52. The normalized spacial score (nSPS) is 16.5. The molecule has 1 amide bonds. The van der Waals surface area contributed by atoms with Crippen LogP contribution >= 0.6 is 0 Å². The number of hydrogen-bond acceptors (Lipinski definition) is 5. The van der Waals surface area contributed by atoms with Gasteiger partial charge in [0.1, 0.15) is 11.0 Å². The first kappa shape index (κ1) is 16.5. The second kappa shape index (κ2) is 6.27. The second-order valence-electron chi connectivity index (χ2n) is 5.80. The Morgan fingerprint density at radius 2 is 1.96 bits per heavy atom. The van der Waals surface area contributed by atoms with Crippen LogP contribution in [0.1, 0.15) is 6.92 Å². The summed E-state index contributed by atoms with van der Waals surface area (Å²) < 4.78 is 32.0. The Morgan fingerprint density at radius 1 is 1.29 bits per heavy atom. The van der Waals surface area contributed by atoms with Crippen molar-refractivity contribution in [1.82, 2.24) is 14.5 Å². The van der Waals surface area contributed by atoms with Crippen molar-refractivity contribution in [1.29, 1.82) is 0 Å². The van der Waals surface area contributed by atoms with Crippen molar-refractivity contribution in [3.8, 4) is 5.75 Å². The summed E-state index contributed by atoms with van der Waals surface area (Å²) in [4.78, 5) is 17.7. The maximum atomic E-state index is 12.5. The summed E-state index contributed by atoms with van der Waals surface area (Å²) in [5, 5.41) is -0.584. The van der Waals surface area contributed by atoms with Crippen LogP contribution in [0.2, 0.25) is 0 Å². The Labute approximate surface area is 140 Å². The summed E-state index contributed by atoms with van der Waals surface area (Å²) >= 11 is 0. The van der Waals surface area contributed by atoms with Crippen LogP contribution in [-0.4, -0.2) is 53.2 Å². The van der Waals surface area contributed by atoms with Crippen LogP contribution in [0.25, 0.3) is 0 Å². The molecule has 24 heavy (non-hydrogen) atoms. The monoisotopic (exact) mass is 349 g/mol. The molecule has 1 unspecified atom stereocenters. The van der Waals surface area contributed by atoms with E-state index in [2.05, 4.69) is 4.98 Å². The fourth-order valence-electron chi connectivity index (χ4n) is 2.60. The Hall–Kier alpha value is -2.35. The first-order valence-electron chi connectivity index (χ1n) is 7.61. The van der Waals surface area contributed by atoms with Gasteiger partial charge >= 0.3 is 0 Å². The van der Waals surface area contributed by atoms with Gasteiger partial charge in [0.05, 0.1) is 0 Å². The van der Waals surface area contributed by atoms with Crippen LogP contribution in [0, 0.1) is 0 Å². The van der Waals surface area contributed by atoms with E-state index in [-0.39, 0.29) is 24.2 Å².